The Morgan fingerprint density at radius 2 is 2.00 bits per heavy atom. The molecule has 118 valence electrons. The Hall–Kier alpha value is -2.67. The molecule has 0 atom stereocenters. The highest BCUT2D eigenvalue weighted by atomic mass is 32.1. The van der Waals surface area contributed by atoms with E-state index >= 15 is 0 Å². The number of nitrogens with one attached hydrogen (secondary N) is 1. The number of aryl methyl sites for hydroxylation is 2. The van der Waals surface area contributed by atoms with E-state index in [0.717, 1.165) is 26.4 Å². The molecule has 23 heavy (non-hydrogen) atoms. The first-order valence-electron chi connectivity index (χ1n) is 7.02. The van der Waals surface area contributed by atoms with E-state index in [-0.39, 0.29) is 18.3 Å². The standard InChI is InChI=1S/C16H15N3O3S/c1-10-5-3-6-11(2)14(10)17-13(20)9-19-16(21)22-15(18-19)12-7-4-8-23-12/h3-8H,9H2,1-2H3,(H,17,20). The van der Waals surface area contributed by atoms with Crippen LogP contribution in [0.5, 0.6) is 0 Å². The SMILES string of the molecule is Cc1cccc(C)c1NC(=O)Cn1nc(-c2cccs2)oc1=O. The van der Waals surface area contributed by atoms with Crippen LogP contribution in [0.3, 0.4) is 0 Å². The van der Waals surface area contributed by atoms with Crippen LogP contribution < -0.4 is 11.1 Å². The Morgan fingerprint density at radius 1 is 1.26 bits per heavy atom. The van der Waals surface area contributed by atoms with E-state index in [2.05, 4.69) is 10.4 Å². The molecule has 3 aromatic rings. The zero-order valence-corrected chi connectivity index (χ0v) is 13.5. The van der Waals surface area contributed by atoms with Gasteiger partial charge in [0.05, 0.1) is 4.88 Å². The molecule has 0 unspecified atom stereocenters. The molecule has 1 N–H and O–H groups in total. The first kappa shape index (κ1) is 15.2. The fraction of sp³-hybridized carbons (Fsp3) is 0.188. The molecule has 0 aliphatic heterocycles. The molecule has 0 aliphatic carbocycles. The Morgan fingerprint density at radius 3 is 2.65 bits per heavy atom. The van der Waals surface area contributed by atoms with E-state index in [1.54, 1.807) is 6.07 Å². The summed E-state index contributed by atoms with van der Waals surface area (Å²) >= 11 is 1.41. The Bertz CT molecular complexity index is 873. The van der Waals surface area contributed by atoms with E-state index < -0.39 is 5.76 Å². The van der Waals surface area contributed by atoms with Crippen LogP contribution in [0, 0.1) is 13.8 Å². The normalized spacial score (nSPS) is 10.7. The number of benzene rings is 1. The summed E-state index contributed by atoms with van der Waals surface area (Å²) in [4.78, 5) is 24.7. The van der Waals surface area contributed by atoms with Gasteiger partial charge in [-0.2, -0.15) is 4.68 Å². The molecule has 0 saturated heterocycles. The molecule has 7 heteroatoms. The van der Waals surface area contributed by atoms with Crippen LogP contribution in [0.15, 0.2) is 44.9 Å². The topological polar surface area (TPSA) is 77.1 Å². The smallest absolute Gasteiger partial charge is 0.387 e. The average Bonchev–Trinajstić information content (AvgIpc) is 3.14. The minimum absolute atomic E-state index is 0.193. The molecule has 0 radical (unpaired) electrons. The predicted molar refractivity (Wildman–Crippen MR) is 88.6 cm³/mol. The number of amides is 1. The van der Waals surface area contributed by atoms with Crippen molar-refractivity contribution in [1.29, 1.82) is 0 Å². The van der Waals surface area contributed by atoms with E-state index in [4.69, 9.17) is 4.42 Å². The molecule has 0 fully saturated rings. The highest BCUT2D eigenvalue weighted by Crippen LogP contribution is 2.21. The summed E-state index contributed by atoms with van der Waals surface area (Å²) in [6, 6.07) is 9.40. The van der Waals surface area contributed by atoms with Crippen LogP contribution in [0.4, 0.5) is 5.69 Å². The second kappa shape index (κ2) is 6.21. The molecule has 0 bridgehead atoms. The first-order chi connectivity index (χ1) is 11.0. The van der Waals surface area contributed by atoms with Crippen LogP contribution in [0.1, 0.15) is 11.1 Å². The molecule has 6 nitrogen and oxygen atoms in total. The molecular weight excluding hydrogens is 314 g/mol. The summed E-state index contributed by atoms with van der Waals surface area (Å²) in [6.07, 6.45) is 0. The quantitative estimate of drug-likeness (QED) is 0.798. The van der Waals surface area contributed by atoms with Crippen LogP contribution in [-0.2, 0) is 11.3 Å². The van der Waals surface area contributed by atoms with Crippen LogP contribution in [-0.4, -0.2) is 15.7 Å². The largest absolute Gasteiger partial charge is 0.437 e. The maximum atomic E-state index is 12.2. The zero-order valence-electron chi connectivity index (χ0n) is 12.7. The summed E-state index contributed by atoms with van der Waals surface area (Å²) in [7, 11) is 0. The van der Waals surface area contributed by atoms with E-state index in [9.17, 15) is 9.59 Å². The van der Waals surface area contributed by atoms with Gasteiger partial charge < -0.3 is 9.73 Å². The lowest BCUT2D eigenvalue weighted by Gasteiger charge is -2.10. The highest BCUT2D eigenvalue weighted by molar-refractivity contribution is 7.13. The number of anilines is 1. The van der Waals surface area contributed by atoms with Gasteiger partial charge in [0.25, 0.3) is 5.89 Å². The minimum atomic E-state index is -0.648. The lowest BCUT2D eigenvalue weighted by Crippen LogP contribution is -2.26. The molecule has 0 spiro atoms. The van der Waals surface area contributed by atoms with Crippen molar-refractivity contribution in [3.63, 3.8) is 0 Å². The van der Waals surface area contributed by atoms with Crippen LogP contribution in [0.25, 0.3) is 10.8 Å². The Balaban J connectivity index is 1.77. The van der Waals surface area contributed by atoms with Crippen molar-refractivity contribution in [2.75, 3.05) is 5.32 Å². The van der Waals surface area contributed by atoms with E-state index in [0.29, 0.717) is 0 Å². The number of nitrogens with zero attached hydrogens (tertiary/aromatic N) is 2. The molecule has 0 saturated carbocycles. The number of aromatic nitrogens is 2. The lowest BCUT2D eigenvalue weighted by molar-refractivity contribution is -0.117. The van der Waals surface area contributed by atoms with Crippen molar-refractivity contribution < 1.29 is 9.21 Å². The molecule has 2 aromatic heterocycles. The van der Waals surface area contributed by atoms with Gasteiger partial charge in [0.2, 0.25) is 5.91 Å². The van der Waals surface area contributed by atoms with Crippen molar-refractivity contribution in [3.05, 3.63) is 57.4 Å². The predicted octanol–water partition coefficient (Wildman–Crippen LogP) is 2.82. The van der Waals surface area contributed by atoms with Crippen LogP contribution in [0.2, 0.25) is 0 Å². The van der Waals surface area contributed by atoms with Crippen LogP contribution >= 0.6 is 11.3 Å². The summed E-state index contributed by atoms with van der Waals surface area (Å²) in [5.74, 6) is -0.745. The maximum absolute atomic E-state index is 12.2. The van der Waals surface area contributed by atoms with Gasteiger partial charge in [-0.1, -0.05) is 24.3 Å². The third-order valence-electron chi connectivity index (χ3n) is 3.38. The lowest BCUT2D eigenvalue weighted by atomic mass is 10.1. The van der Waals surface area contributed by atoms with E-state index in [1.165, 1.54) is 11.3 Å². The summed E-state index contributed by atoms with van der Waals surface area (Å²) in [5.41, 5.74) is 2.68. The Kier molecular flexibility index (Phi) is 4.12. The average molecular weight is 329 g/mol. The molecule has 1 amide bonds. The van der Waals surface area contributed by atoms with Crippen molar-refractivity contribution in [2.45, 2.75) is 20.4 Å². The van der Waals surface area contributed by atoms with Gasteiger partial charge in [0, 0.05) is 5.69 Å². The van der Waals surface area contributed by atoms with Gasteiger partial charge >= 0.3 is 5.76 Å². The van der Waals surface area contributed by atoms with Crippen molar-refractivity contribution in [3.8, 4) is 10.8 Å². The minimum Gasteiger partial charge on any atom is -0.387 e. The van der Waals surface area contributed by atoms with Gasteiger partial charge in [-0.05, 0) is 36.4 Å². The summed E-state index contributed by atoms with van der Waals surface area (Å²) in [6.45, 7) is 3.64. The number of thiophene rings is 1. The van der Waals surface area contributed by atoms with Gasteiger partial charge in [-0.25, -0.2) is 4.79 Å². The number of para-hydroxylation sites is 1. The fourth-order valence-electron chi connectivity index (χ4n) is 2.23. The number of hydrogen-bond acceptors (Lipinski definition) is 5. The summed E-state index contributed by atoms with van der Waals surface area (Å²) in [5, 5.41) is 8.75. The monoisotopic (exact) mass is 329 g/mol. The zero-order chi connectivity index (χ0) is 16.4. The fourth-order valence-corrected chi connectivity index (χ4v) is 2.88. The van der Waals surface area contributed by atoms with Crippen molar-refractivity contribution in [2.24, 2.45) is 0 Å². The van der Waals surface area contributed by atoms with Gasteiger partial charge in [-0.15, -0.1) is 16.4 Å². The number of hydrogen-bond donors (Lipinski definition) is 1. The molecule has 0 aliphatic rings. The Labute approximate surface area is 136 Å². The molecular formula is C16H15N3O3S. The molecule has 1 aromatic carbocycles. The third kappa shape index (κ3) is 3.24. The van der Waals surface area contributed by atoms with E-state index in [1.807, 2.05) is 43.5 Å². The second-order valence-corrected chi connectivity index (χ2v) is 6.07. The first-order valence-corrected chi connectivity index (χ1v) is 7.90. The highest BCUT2D eigenvalue weighted by Gasteiger charge is 2.14. The van der Waals surface area contributed by atoms with Gasteiger partial charge in [0.1, 0.15) is 6.54 Å². The maximum Gasteiger partial charge on any atom is 0.437 e. The number of carbonyl (C=O) groups excluding carboxylic acids is 1. The number of carbonyl (C=O) groups is 1. The second-order valence-electron chi connectivity index (χ2n) is 5.12. The van der Waals surface area contributed by atoms with Gasteiger partial charge in [-0.3, -0.25) is 4.79 Å². The summed E-state index contributed by atoms with van der Waals surface area (Å²) < 4.78 is 6.11. The third-order valence-corrected chi connectivity index (χ3v) is 4.24. The number of rotatable bonds is 4. The molecule has 3 rings (SSSR count). The molecule has 2 heterocycles. The van der Waals surface area contributed by atoms with Crippen molar-refractivity contribution >= 4 is 22.9 Å². The van der Waals surface area contributed by atoms with Gasteiger partial charge in [0.15, 0.2) is 0 Å². The van der Waals surface area contributed by atoms with Crippen molar-refractivity contribution in [1.82, 2.24) is 9.78 Å².